The average Bonchev–Trinajstić information content (AvgIpc) is 2.71. The van der Waals surface area contributed by atoms with Gasteiger partial charge in [0.15, 0.2) is 0 Å². The molecule has 0 aliphatic rings. The molecule has 5 N–H and O–H groups in total. The highest BCUT2D eigenvalue weighted by molar-refractivity contribution is 5.98. The predicted molar refractivity (Wildman–Crippen MR) is 77.9 cm³/mol. The van der Waals surface area contributed by atoms with Gasteiger partial charge in [0.25, 0.3) is 0 Å². The number of nitrogens with zero attached hydrogens (tertiary/aromatic N) is 2. The zero-order valence-corrected chi connectivity index (χ0v) is 11.1. The second kappa shape index (κ2) is 5.56. The number of hydrogen-bond donors (Lipinski definition) is 3. The highest BCUT2D eigenvalue weighted by Crippen LogP contribution is 2.20. The number of amidine groups is 1. The van der Waals surface area contributed by atoms with Crippen molar-refractivity contribution in [3.8, 4) is 0 Å². The van der Waals surface area contributed by atoms with Crippen LogP contribution in [-0.4, -0.2) is 15.6 Å². The number of nitrogens with two attached hydrogens (primary N) is 2. The van der Waals surface area contributed by atoms with Gasteiger partial charge in [-0.2, -0.15) is 5.10 Å². The van der Waals surface area contributed by atoms with Gasteiger partial charge in [-0.3, -0.25) is 5.41 Å². The number of nitrogen functional groups attached to an aromatic ring is 2. The fourth-order valence-corrected chi connectivity index (χ4v) is 1.93. The van der Waals surface area contributed by atoms with Crippen LogP contribution < -0.4 is 11.5 Å². The monoisotopic (exact) mass is 273 g/mol. The van der Waals surface area contributed by atoms with Gasteiger partial charge >= 0.3 is 0 Å². The van der Waals surface area contributed by atoms with E-state index in [-0.39, 0.29) is 18.2 Å². The molecule has 0 radical (unpaired) electrons. The van der Waals surface area contributed by atoms with Crippen molar-refractivity contribution in [2.24, 2.45) is 5.73 Å². The lowest BCUT2D eigenvalue weighted by Crippen LogP contribution is -2.14. The number of allylic oxidation sites excluding steroid dienone is 1. The van der Waals surface area contributed by atoms with Crippen molar-refractivity contribution in [2.75, 3.05) is 5.73 Å². The van der Waals surface area contributed by atoms with Crippen molar-refractivity contribution in [1.82, 2.24) is 9.78 Å². The molecule has 0 amide bonds. The van der Waals surface area contributed by atoms with Crippen molar-refractivity contribution in [3.05, 3.63) is 53.0 Å². The molecule has 5 nitrogen and oxygen atoms in total. The highest BCUT2D eigenvalue weighted by atomic mass is 19.1. The largest absolute Gasteiger partial charge is 0.383 e. The van der Waals surface area contributed by atoms with E-state index in [0.29, 0.717) is 22.6 Å². The first-order valence-corrected chi connectivity index (χ1v) is 6.11. The van der Waals surface area contributed by atoms with Crippen molar-refractivity contribution in [3.63, 3.8) is 0 Å². The molecule has 1 heterocycles. The Labute approximate surface area is 116 Å². The normalized spacial score (nSPS) is 11.1. The number of aromatic nitrogens is 2. The van der Waals surface area contributed by atoms with Gasteiger partial charge in [-0.05, 0) is 13.0 Å². The second-order valence-electron chi connectivity index (χ2n) is 4.31. The van der Waals surface area contributed by atoms with Gasteiger partial charge in [0.1, 0.15) is 23.2 Å². The van der Waals surface area contributed by atoms with Crippen LogP contribution in [0, 0.1) is 11.2 Å². The van der Waals surface area contributed by atoms with Gasteiger partial charge < -0.3 is 11.5 Å². The van der Waals surface area contributed by atoms with Gasteiger partial charge in [-0.25, -0.2) is 9.07 Å². The Bertz CT molecular complexity index is 672. The van der Waals surface area contributed by atoms with Gasteiger partial charge in [0, 0.05) is 11.1 Å². The van der Waals surface area contributed by atoms with E-state index in [9.17, 15) is 4.39 Å². The maximum absolute atomic E-state index is 13.7. The second-order valence-corrected chi connectivity index (χ2v) is 4.31. The Morgan fingerprint density at radius 3 is 2.75 bits per heavy atom. The molecule has 0 fully saturated rings. The van der Waals surface area contributed by atoms with Crippen LogP contribution in [0.4, 0.5) is 10.2 Å². The van der Waals surface area contributed by atoms with Crippen molar-refractivity contribution in [1.29, 1.82) is 5.41 Å². The molecular formula is C14H16FN5. The minimum atomic E-state index is -0.320. The number of nitrogens with one attached hydrogen (secondary N) is 1. The van der Waals surface area contributed by atoms with Crippen molar-refractivity contribution >= 4 is 17.7 Å². The van der Waals surface area contributed by atoms with Crippen LogP contribution in [0.3, 0.4) is 0 Å². The van der Waals surface area contributed by atoms with Crippen LogP contribution >= 0.6 is 0 Å². The molecule has 0 saturated heterocycles. The van der Waals surface area contributed by atoms with Gasteiger partial charge in [-0.1, -0.05) is 30.4 Å². The van der Waals surface area contributed by atoms with Crippen LogP contribution in [0.2, 0.25) is 0 Å². The molecule has 0 bridgehead atoms. The summed E-state index contributed by atoms with van der Waals surface area (Å²) in [5, 5.41) is 11.7. The Balaban J connectivity index is 2.46. The van der Waals surface area contributed by atoms with E-state index in [0.717, 1.165) is 0 Å². The summed E-state index contributed by atoms with van der Waals surface area (Å²) in [7, 11) is 0. The summed E-state index contributed by atoms with van der Waals surface area (Å²) in [5.41, 5.74) is 12.9. The summed E-state index contributed by atoms with van der Waals surface area (Å²) in [6.45, 7) is 2.02. The first kappa shape index (κ1) is 13.8. The van der Waals surface area contributed by atoms with Crippen molar-refractivity contribution in [2.45, 2.75) is 13.5 Å². The zero-order chi connectivity index (χ0) is 14.7. The average molecular weight is 273 g/mol. The molecule has 6 heteroatoms. The SMILES string of the molecule is C/C=C\c1c(C(=N)N)nn(Cc2ccccc2F)c1N. The summed E-state index contributed by atoms with van der Waals surface area (Å²) in [6.07, 6.45) is 3.52. The van der Waals surface area contributed by atoms with E-state index in [4.69, 9.17) is 16.9 Å². The van der Waals surface area contributed by atoms with Gasteiger partial charge in [0.2, 0.25) is 0 Å². The molecule has 0 saturated carbocycles. The van der Waals surface area contributed by atoms with Gasteiger partial charge in [0.05, 0.1) is 6.54 Å². The molecule has 0 atom stereocenters. The van der Waals surface area contributed by atoms with Gasteiger partial charge in [-0.15, -0.1) is 0 Å². The topological polar surface area (TPSA) is 93.7 Å². The smallest absolute Gasteiger partial charge is 0.144 e. The maximum Gasteiger partial charge on any atom is 0.144 e. The first-order valence-electron chi connectivity index (χ1n) is 6.11. The lowest BCUT2D eigenvalue weighted by Gasteiger charge is -2.05. The third-order valence-electron chi connectivity index (χ3n) is 2.90. The summed E-state index contributed by atoms with van der Waals surface area (Å²) >= 11 is 0. The summed E-state index contributed by atoms with van der Waals surface area (Å²) in [6, 6.07) is 6.42. The minimum absolute atomic E-state index is 0.169. The number of anilines is 1. The highest BCUT2D eigenvalue weighted by Gasteiger charge is 2.16. The Morgan fingerprint density at radius 1 is 1.45 bits per heavy atom. The molecule has 1 aromatic heterocycles. The standard InChI is InChI=1S/C14H16FN5/c1-2-5-10-12(13(16)17)19-20(14(10)18)8-9-6-3-4-7-11(9)15/h2-7H,8,18H2,1H3,(H3,16,17)/b5-2-. The molecule has 20 heavy (non-hydrogen) atoms. The van der Waals surface area contributed by atoms with Crippen LogP contribution in [0.5, 0.6) is 0 Å². The Kier molecular flexibility index (Phi) is 3.84. The third-order valence-corrected chi connectivity index (χ3v) is 2.90. The van der Waals surface area contributed by atoms with Crippen LogP contribution in [-0.2, 0) is 6.54 Å². The van der Waals surface area contributed by atoms with E-state index >= 15 is 0 Å². The maximum atomic E-state index is 13.7. The molecule has 0 unspecified atom stereocenters. The number of rotatable bonds is 4. The summed E-state index contributed by atoms with van der Waals surface area (Å²) in [4.78, 5) is 0. The van der Waals surface area contributed by atoms with E-state index in [1.807, 2.05) is 6.92 Å². The fourth-order valence-electron chi connectivity index (χ4n) is 1.93. The van der Waals surface area contributed by atoms with E-state index in [1.165, 1.54) is 10.7 Å². The number of halogens is 1. The molecular weight excluding hydrogens is 257 g/mol. The number of benzene rings is 1. The van der Waals surface area contributed by atoms with Crippen molar-refractivity contribution < 1.29 is 4.39 Å². The molecule has 2 aromatic rings. The third kappa shape index (κ3) is 2.54. The van der Waals surface area contributed by atoms with Crippen LogP contribution in [0.15, 0.2) is 30.3 Å². The quantitative estimate of drug-likeness (QED) is 0.587. The lowest BCUT2D eigenvalue weighted by atomic mass is 10.2. The lowest BCUT2D eigenvalue weighted by molar-refractivity contribution is 0.587. The van der Waals surface area contributed by atoms with E-state index < -0.39 is 0 Å². The van der Waals surface area contributed by atoms with Crippen LogP contribution in [0.1, 0.15) is 23.7 Å². The first-order chi connectivity index (χ1) is 9.54. The minimum Gasteiger partial charge on any atom is -0.383 e. The Hall–Kier alpha value is -2.63. The molecule has 0 aliphatic carbocycles. The predicted octanol–water partition coefficient (Wildman–Crippen LogP) is 1.97. The number of hydrogen-bond acceptors (Lipinski definition) is 3. The molecule has 104 valence electrons. The molecule has 0 aliphatic heterocycles. The summed E-state index contributed by atoms with van der Waals surface area (Å²) in [5.74, 6) is -0.131. The Morgan fingerprint density at radius 2 is 2.15 bits per heavy atom. The molecule has 0 spiro atoms. The molecule has 1 aromatic carbocycles. The van der Waals surface area contributed by atoms with E-state index in [2.05, 4.69) is 5.10 Å². The van der Waals surface area contributed by atoms with Crippen LogP contribution in [0.25, 0.3) is 6.08 Å². The summed E-state index contributed by atoms with van der Waals surface area (Å²) < 4.78 is 15.1. The van der Waals surface area contributed by atoms with E-state index in [1.54, 1.807) is 30.4 Å². The molecule has 2 rings (SSSR count). The zero-order valence-electron chi connectivity index (χ0n) is 11.1. The fraction of sp³-hybridized carbons (Fsp3) is 0.143.